The predicted octanol–water partition coefficient (Wildman–Crippen LogP) is 5.33. The van der Waals surface area contributed by atoms with Crippen LogP contribution in [0.25, 0.3) is 28.4 Å². The Morgan fingerprint density at radius 3 is 2.59 bits per heavy atom. The van der Waals surface area contributed by atoms with Gasteiger partial charge in [0.05, 0.1) is 46.3 Å². The normalized spacial score (nSPS) is 22.6. The third-order valence-electron chi connectivity index (χ3n) is 11.0. The summed E-state index contributed by atoms with van der Waals surface area (Å²) in [5, 5.41) is 21.1. The monoisotopic (exact) mass is 794 g/mol. The molecule has 0 saturated carbocycles. The van der Waals surface area contributed by atoms with E-state index in [1.165, 1.54) is 6.20 Å². The van der Waals surface area contributed by atoms with Crippen LogP contribution in [0.2, 0.25) is 0 Å². The largest absolute Gasteiger partial charge is 0.458 e. The van der Waals surface area contributed by atoms with E-state index >= 15 is 0 Å². The van der Waals surface area contributed by atoms with Crippen LogP contribution in [0.4, 0.5) is 4.79 Å². The zero-order chi connectivity index (χ0) is 41.5. The van der Waals surface area contributed by atoms with Gasteiger partial charge in [-0.25, -0.2) is 25.0 Å². The quantitative estimate of drug-likeness (QED) is 0.125. The first-order valence-corrected chi connectivity index (χ1v) is 19.7. The molecule has 4 aliphatic heterocycles. The summed E-state index contributed by atoms with van der Waals surface area (Å²) in [7, 11) is 0. The zero-order valence-electron chi connectivity index (χ0n) is 33.8. The summed E-state index contributed by atoms with van der Waals surface area (Å²) < 4.78 is 19.1. The van der Waals surface area contributed by atoms with Crippen molar-refractivity contribution in [3.63, 3.8) is 0 Å². The summed E-state index contributed by atoms with van der Waals surface area (Å²) in [4.78, 5) is 65.6. The van der Waals surface area contributed by atoms with E-state index in [2.05, 4.69) is 9.89 Å². The fourth-order valence-corrected chi connectivity index (χ4v) is 7.97. The van der Waals surface area contributed by atoms with Crippen LogP contribution in [0, 0.1) is 0 Å². The molecule has 15 heteroatoms. The number of pyridine rings is 2. The van der Waals surface area contributed by atoms with Gasteiger partial charge in [0.25, 0.3) is 11.5 Å². The SMILES string of the molecule is CC[C@@]1(O)C(=O)OCc2c1cc1n(c2=O)Cc2cc3c(/C=C/CC(C)OC(C)(C)C)c(OC(=O)N4CCN(/C5=N/C=C(C(=O)NO)\C=C(\C)CC5)CC4)ccc3nc2-1. The number of hydrogen-bond donors (Lipinski definition) is 3. The molecule has 0 spiro atoms. The second kappa shape index (κ2) is 16.0. The van der Waals surface area contributed by atoms with Gasteiger partial charge in [-0.05, 0) is 84.2 Å². The third kappa shape index (κ3) is 7.93. The Bertz CT molecular complexity index is 2360. The smallest absolute Gasteiger partial charge is 0.415 e. The number of aliphatic hydroxyl groups is 1. The van der Waals surface area contributed by atoms with Crippen LogP contribution in [0.3, 0.4) is 0 Å². The van der Waals surface area contributed by atoms with Crippen molar-refractivity contribution in [1.82, 2.24) is 24.8 Å². The lowest BCUT2D eigenvalue weighted by molar-refractivity contribution is -0.172. The Hall–Kier alpha value is -5.64. The van der Waals surface area contributed by atoms with Crippen molar-refractivity contribution in [2.45, 2.75) is 97.7 Å². The van der Waals surface area contributed by atoms with Crippen molar-refractivity contribution in [2.24, 2.45) is 4.99 Å². The molecule has 0 aliphatic carbocycles. The predicted molar refractivity (Wildman–Crippen MR) is 216 cm³/mol. The molecule has 1 saturated heterocycles. The number of esters is 1. The van der Waals surface area contributed by atoms with Gasteiger partial charge in [0.15, 0.2) is 5.60 Å². The minimum absolute atomic E-state index is 0.0462. The molecule has 2 aromatic heterocycles. The maximum absolute atomic E-state index is 13.8. The van der Waals surface area contributed by atoms with Crippen LogP contribution < -0.4 is 15.8 Å². The van der Waals surface area contributed by atoms with E-state index in [1.807, 2.05) is 52.8 Å². The number of carbonyl (C=O) groups excluding carboxylic acids is 3. The molecule has 1 aromatic carbocycles. The van der Waals surface area contributed by atoms with Crippen molar-refractivity contribution >= 4 is 40.8 Å². The molecule has 4 aliphatic rings. The van der Waals surface area contributed by atoms with Gasteiger partial charge in [0.2, 0.25) is 0 Å². The van der Waals surface area contributed by atoms with Crippen LogP contribution >= 0.6 is 0 Å². The Kier molecular flexibility index (Phi) is 11.2. The van der Waals surface area contributed by atoms with Crippen LogP contribution in [0.1, 0.15) is 89.5 Å². The average molecular weight is 795 g/mol. The molecular weight excluding hydrogens is 745 g/mol. The number of benzene rings is 1. The number of piperazine rings is 1. The van der Waals surface area contributed by atoms with E-state index in [4.69, 9.17) is 24.4 Å². The molecule has 0 bridgehead atoms. The van der Waals surface area contributed by atoms with Crippen molar-refractivity contribution in [1.29, 1.82) is 0 Å². The lowest BCUT2D eigenvalue weighted by Gasteiger charge is -2.36. The van der Waals surface area contributed by atoms with Crippen LogP contribution in [0.5, 0.6) is 5.75 Å². The third-order valence-corrected chi connectivity index (χ3v) is 11.0. The first-order valence-electron chi connectivity index (χ1n) is 19.7. The van der Waals surface area contributed by atoms with Gasteiger partial charge < -0.3 is 33.7 Å². The molecule has 3 N–H and O–H groups in total. The molecule has 2 amide bonds. The molecule has 1 unspecified atom stereocenters. The van der Waals surface area contributed by atoms with E-state index in [9.17, 15) is 24.3 Å². The molecule has 1 fully saturated rings. The Balaban J connectivity index is 1.17. The number of aromatic nitrogens is 2. The number of nitrogens with zero attached hydrogens (tertiary/aromatic N) is 5. The highest BCUT2D eigenvalue weighted by molar-refractivity contribution is 5.97. The summed E-state index contributed by atoms with van der Waals surface area (Å²) in [6.07, 6.45) is 8.47. The van der Waals surface area contributed by atoms with E-state index < -0.39 is 23.6 Å². The number of fused-ring (bicyclic) bond motifs is 5. The number of allylic oxidation sites excluding steroid dienone is 1. The topological polar surface area (TPSA) is 185 Å². The fourth-order valence-electron chi connectivity index (χ4n) is 7.97. The number of cyclic esters (lactones) is 1. The Labute approximate surface area is 336 Å². The summed E-state index contributed by atoms with van der Waals surface area (Å²) in [5.74, 6) is -0.270. The Morgan fingerprint density at radius 1 is 1.12 bits per heavy atom. The number of hydroxylamine groups is 1. The lowest BCUT2D eigenvalue weighted by atomic mass is 9.86. The van der Waals surface area contributed by atoms with Gasteiger partial charge >= 0.3 is 12.1 Å². The van der Waals surface area contributed by atoms with E-state index in [0.717, 1.165) is 22.4 Å². The first kappa shape index (κ1) is 40.6. The van der Waals surface area contributed by atoms with Crippen LogP contribution in [-0.2, 0) is 37.8 Å². The van der Waals surface area contributed by atoms with E-state index in [0.29, 0.717) is 73.7 Å². The maximum atomic E-state index is 13.8. The fraction of sp³-hybridized carbons (Fsp3) is 0.442. The number of nitrogens with one attached hydrogen (secondary N) is 1. The van der Waals surface area contributed by atoms with Gasteiger partial charge in [-0.1, -0.05) is 24.6 Å². The van der Waals surface area contributed by atoms with Crippen LogP contribution in [0.15, 0.2) is 63.6 Å². The molecule has 58 heavy (non-hydrogen) atoms. The van der Waals surface area contributed by atoms with E-state index in [1.54, 1.807) is 46.1 Å². The molecule has 7 rings (SSSR count). The van der Waals surface area contributed by atoms with Gasteiger partial charge in [-0.3, -0.25) is 14.8 Å². The zero-order valence-corrected chi connectivity index (χ0v) is 33.8. The maximum Gasteiger partial charge on any atom is 0.415 e. The average Bonchev–Trinajstić information content (AvgIpc) is 3.54. The lowest BCUT2D eigenvalue weighted by Crippen LogP contribution is -2.51. The van der Waals surface area contributed by atoms with Crippen molar-refractivity contribution in [2.75, 3.05) is 26.2 Å². The standard InChI is InChI=1S/C43H50N6O9/c1-7-43(54)32-21-34-37-28(23-49(34)39(51)31(32)24-56-40(43)52)20-30-29(10-8-9-26(3)58-42(4,5)6)35(13-12-33(30)45-37)57-41(53)48-17-15-47(16-18-48)36-14-11-25(2)19-27(22-44-36)38(50)46-55/h8,10,12-13,19-22,26,54-55H,7,9,11,14-18,23-24H2,1-6H3,(H,46,50)/b10-8+,25-19-,27-22+,44-36+/t26?,43-/m0/s1. The minimum atomic E-state index is -1.93. The van der Waals surface area contributed by atoms with Gasteiger partial charge in [0, 0.05) is 60.9 Å². The minimum Gasteiger partial charge on any atom is -0.458 e. The Morgan fingerprint density at radius 2 is 1.88 bits per heavy atom. The summed E-state index contributed by atoms with van der Waals surface area (Å²) in [6, 6.07) is 7.14. The number of ether oxygens (including phenoxy) is 3. The van der Waals surface area contributed by atoms with Gasteiger partial charge in [-0.15, -0.1) is 0 Å². The molecule has 6 heterocycles. The number of aliphatic imine (C=N–C) groups is 1. The second-order valence-corrected chi connectivity index (χ2v) is 16.2. The molecule has 15 nitrogen and oxygen atoms in total. The van der Waals surface area contributed by atoms with Crippen molar-refractivity contribution < 1.29 is 38.9 Å². The molecule has 2 atom stereocenters. The summed E-state index contributed by atoms with van der Waals surface area (Å²) in [6.45, 7) is 13.4. The number of carbonyl (C=O) groups is 3. The highest BCUT2D eigenvalue weighted by Crippen LogP contribution is 2.40. The van der Waals surface area contributed by atoms with Gasteiger partial charge in [0.1, 0.15) is 18.2 Å². The van der Waals surface area contributed by atoms with Gasteiger partial charge in [-0.2, -0.15) is 0 Å². The molecule has 306 valence electrons. The number of amides is 2. The first-order chi connectivity index (χ1) is 27.6. The molecule has 3 aromatic rings. The van der Waals surface area contributed by atoms with Crippen LogP contribution in [-0.4, -0.2) is 91.4 Å². The molecule has 0 radical (unpaired) electrons. The second-order valence-electron chi connectivity index (χ2n) is 16.2. The number of rotatable bonds is 7. The highest BCUT2D eigenvalue weighted by atomic mass is 16.6. The highest BCUT2D eigenvalue weighted by Gasteiger charge is 2.45. The number of amidine groups is 1. The van der Waals surface area contributed by atoms with Crippen molar-refractivity contribution in [3.8, 4) is 17.1 Å². The molecular formula is C43H50N6O9. The number of hydrogen-bond acceptors (Lipinski definition) is 12. The summed E-state index contributed by atoms with van der Waals surface area (Å²) >= 11 is 0. The van der Waals surface area contributed by atoms with Crippen molar-refractivity contribution in [3.05, 3.63) is 86.4 Å². The summed E-state index contributed by atoms with van der Waals surface area (Å²) in [5.41, 5.74) is 3.89. The van der Waals surface area contributed by atoms with E-state index in [-0.39, 0.29) is 53.5 Å².